The molecule has 0 spiro atoms. The van der Waals surface area contributed by atoms with Gasteiger partial charge in [0, 0.05) is 6.07 Å². The van der Waals surface area contributed by atoms with Crippen LogP contribution in [-0.2, 0) is 0 Å². The average Bonchev–Trinajstić information content (AvgIpc) is 2.65. The van der Waals surface area contributed by atoms with Gasteiger partial charge in [0.05, 0.1) is 6.10 Å². The number of rotatable bonds is 3. The highest BCUT2D eigenvalue weighted by Gasteiger charge is 2.09. The Labute approximate surface area is 92.1 Å². The van der Waals surface area contributed by atoms with Crippen LogP contribution in [0.15, 0.2) is 12.4 Å². The van der Waals surface area contributed by atoms with Crippen LogP contribution in [0.4, 0.5) is 0 Å². The van der Waals surface area contributed by atoms with Crippen LogP contribution in [0.5, 0.6) is 5.88 Å². The average molecular weight is 227 g/mol. The third kappa shape index (κ3) is 2.02. The molecule has 2 aromatic heterocycles. The first-order valence-electron chi connectivity index (χ1n) is 4.73. The number of ether oxygens (including phenoxy) is 1. The largest absolute Gasteiger partial charge is 0.474 e. The van der Waals surface area contributed by atoms with Crippen molar-refractivity contribution in [3.8, 4) is 5.88 Å². The molecule has 0 aliphatic rings. The van der Waals surface area contributed by atoms with Crippen molar-refractivity contribution in [3.63, 3.8) is 0 Å². The van der Waals surface area contributed by atoms with E-state index in [1.165, 1.54) is 10.8 Å². The molecule has 0 N–H and O–H groups in total. The molecule has 0 aliphatic heterocycles. The molecule has 0 bridgehead atoms. The van der Waals surface area contributed by atoms with Crippen LogP contribution in [-0.4, -0.2) is 25.7 Å². The molecule has 2 rings (SSSR count). The van der Waals surface area contributed by atoms with E-state index in [1.807, 2.05) is 13.8 Å². The van der Waals surface area contributed by atoms with Crippen molar-refractivity contribution in [1.82, 2.24) is 19.6 Å². The van der Waals surface area contributed by atoms with E-state index < -0.39 is 0 Å². The quantitative estimate of drug-likeness (QED) is 0.751. The van der Waals surface area contributed by atoms with Gasteiger partial charge in [-0.05, 0) is 13.3 Å². The summed E-state index contributed by atoms with van der Waals surface area (Å²) >= 11 is 5.84. The summed E-state index contributed by atoms with van der Waals surface area (Å²) in [5.41, 5.74) is 0. The summed E-state index contributed by atoms with van der Waals surface area (Å²) in [7, 11) is 0. The van der Waals surface area contributed by atoms with Crippen LogP contribution in [0, 0.1) is 0 Å². The molecule has 1 atom stereocenters. The third-order valence-electron chi connectivity index (χ3n) is 2.08. The van der Waals surface area contributed by atoms with Gasteiger partial charge in [0.15, 0.2) is 0 Å². The van der Waals surface area contributed by atoms with Gasteiger partial charge in [-0.25, -0.2) is 0 Å². The molecule has 0 saturated carbocycles. The Balaban J connectivity index is 2.44. The molecule has 80 valence electrons. The first-order chi connectivity index (χ1) is 7.20. The lowest BCUT2D eigenvalue weighted by Crippen LogP contribution is -2.13. The molecular formula is C9H11ClN4O. The first kappa shape index (κ1) is 10.2. The highest BCUT2D eigenvalue weighted by atomic mass is 35.5. The SMILES string of the molecule is CCC(C)Oc1cc(Cl)nc2ncnn12. The number of halogens is 1. The maximum atomic E-state index is 5.84. The second-order valence-electron chi connectivity index (χ2n) is 3.23. The lowest BCUT2D eigenvalue weighted by atomic mass is 10.3. The molecule has 0 amide bonds. The molecule has 15 heavy (non-hydrogen) atoms. The zero-order valence-corrected chi connectivity index (χ0v) is 9.27. The summed E-state index contributed by atoms with van der Waals surface area (Å²) in [6, 6.07) is 1.63. The predicted molar refractivity (Wildman–Crippen MR) is 56.2 cm³/mol. The Morgan fingerprint density at radius 2 is 2.40 bits per heavy atom. The van der Waals surface area contributed by atoms with Gasteiger partial charge in [0.1, 0.15) is 11.5 Å². The number of nitrogens with zero attached hydrogens (tertiary/aromatic N) is 4. The van der Waals surface area contributed by atoms with E-state index in [1.54, 1.807) is 6.07 Å². The highest BCUT2D eigenvalue weighted by molar-refractivity contribution is 6.29. The Kier molecular flexibility index (Phi) is 2.73. The van der Waals surface area contributed by atoms with Gasteiger partial charge in [-0.3, -0.25) is 0 Å². The normalized spacial score (nSPS) is 13.0. The van der Waals surface area contributed by atoms with E-state index in [9.17, 15) is 0 Å². The van der Waals surface area contributed by atoms with Crippen LogP contribution >= 0.6 is 11.6 Å². The van der Waals surface area contributed by atoms with Gasteiger partial charge in [-0.1, -0.05) is 18.5 Å². The molecule has 0 aromatic carbocycles. The van der Waals surface area contributed by atoms with Crippen LogP contribution in [0.3, 0.4) is 0 Å². The van der Waals surface area contributed by atoms with Crippen molar-refractivity contribution in [2.24, 2.45) is 0 Å². The standard InChI is InChI=1S/C9H11ClN4O/c1-3-6(2)15-8-4-7(10)13-9-11-5-12-14(8)9/h4-6H,3H2,1-2H3. The molecule has 2 aromatic rings. The van der Waals surface area contributed by atoms with Crippen molar-refractivity contribution < 1.29 is 4.74 Å². The number of fused-ring (bicyclic) bond motifs is 1. The molecule has 0 saturated heterocycles. The molecule has 0 aliphatic carbocycles. The molecule has 5 nitrogen and oxygen atoms in total. The van der Waals surface area contributed by atoms with Gasteiger partial charge in [0.2, 0.25) is 5.88 Å². The topological polar surface area (TPSA) is 52.3 Å². The second-order valence-corrected chi connectivity index (χ2v) is 3.61. The minimum absolute atomic E-state index is 0.107. The molecule has 2 heterocycles. The molecule has 0 radical (unpaired) electrons. The van der Waals surface area contributed by atoms with Gasteiger partial charge in [-0.15, -0.1) is 0 Å². The summed E-state index contributed by atoms with van der Waals surface area (Å²) in [4.78, 5) is 7.95. The highest BCUT2D eigenvalue weighted by Crippen LogP contribution is 2.18. The minimum atomic E-state index is 0.107. The summed E-state index contributed by atoms with van der Waals surface area (Å²) in [5, 5.41) is 4.36. The van der Waals surface area contributed by atoms with E-state index in [4.69, 9.17) is 16.3 Å². The lowest BCUT2D eigenvalue weighted by Gasteiger charge is -2.12. The predicted octanol–water partition coefficient (Wildman–Crippen LogP) is 1.95. The summed E-state index contributed by atoms with van der Waals surface area (Å²) in [6.07, 6.45) is 2.44. The fourth-order valence-electron chi connectivity index (χ4n) is 1.13. The fourth-order valence-corrected chi connectivity index (χ4v) is 1.30. The zero-order valence-electron chi connectivity index (χ0n) is 8.51. The monoisotopic (exact) mass is 226 g/mol. The third-order valence-corrected chi connectivity index (χ3v) is 2.28. The Morgan fingerprint density at radius 3 is 3.13 bits per heavy atom. The van der Waals surface area contributed by atoms with E-state index in [2.05, 4.69) is 15.1 Å². The van der Waals surface area contributed by atoms with Crippen molar-refractivity contribution in [2.75, 3.05) is 0 Å². The first-order valence-corrected chi connectivity index (χ1v) is 5.11. The van der Waals surface area contributed by atoms with Gasteiger partial charge in [-0.2, -0.15) is 19.6 Å². The van der Waals surface area contributed by atoms with Crippen LogP contribution in [0.25, 0.3) is 5.78 Å². The van der Waals surface area contributed by atoms with Crippen LogP contribution in [0.2, 0.25) is 5.15 Å². The van der Waals surface area contributed by atoms with Gasteiger partial charge in [0.25, 0.3) is 5.78 Å². The van der Waals surface area contributed by atoms with Crippen molar-refractivity contribution in [1.29, 1.82) is 0 Å². The summed E-state index contributed by atoms with van der Waals surface area (Å²) in [6.45, 7) is 4.03. The zero-order chi connectivity index (χ0) is 10.8. The fraction of sp³-hybridized carbons (Fsp3) is 0.444. The van der Waals surface area contributed by atoms with Crippen molar-refractivity contribution in [2.45, 2.75) is 26.4 Å². The van der Waals surface area contributed by atoms with Crippen molar-refractivity contribution in [3.05, 3.63) is 17.5 Å². The number of hydrogen-bond donors (Lipinski definition) is 0. The van der Waals surface area contributed by atoms with Gasteiger partial charge >= 0.3 is 0 Å². The minimum Gasteiger partial charge on any atom is -0.474 e. The Bertz CT molecular complexity index is 470. The van der Waals surface area contributed by atoms with Crippen molar-refractivity contribution >= 4 is 17.4 Å². The maximum Gasteiger partial charge on any atom is 0.256 e. The van der Waals surface area contributed by atoms with Crippen LogP contribution < -0.4 is 4.74 Å². The lowest BCUT2D eigenvalue weighted by molar-refractivity contribution is 0.203. The van der Waals surface area contributed by atoms with E-state index in [0.717, 1.165) is 6.42 Å². The summed E-state index contributed by atoms with van der Waals surface area (Å²) < 4.78 is 7.18. The van der Waals surface area contributed by atoms with E-state index in [0.29, 0.717) is 16.8 Å². The molecular weight excluding hydrogens is 216 g/mol. The summed E-state index contributed by atoms with van der Waals surface area (Å²) in [5.74, 6) is 1.01. The Morgan fingerprint density at radius 1 is 1.60 bits per heavy atom. The van der Waals surface area contributed by atoms with Gasteiger partial charge < -0.3 is 4.74 Å². The number of hydrogen-bond acceptors (Lipinski definition) is 4. The molecule has 6 heteroatoms. The number of aromatic nitrogens is 4. The molecule has 1 unspecified atom stereocenters. The van der Waals surface area contributed by atoms with E-state index >= 15 is 0 Å². The molecule has 0 fully saturated rings. The second kappa shape index (κ2) is 4.02. The smallest absolute Gasteiger partial charge is 0.256 e. The van der Waals surface area contributed by atoms with Crippen LogP contribution in [0.1, 0.15) is 20.3 Å². The van der Waals surface area contributed by atoms with E-state index in [-0.39, 0.29) is 6.10 Å². The maximum absolute atomic E-state index is 5.84. The Hall–Kier alpha value is -1.36.